The van der Waals surface area contributed by atoms with Gasteiger partial charge in [-0.1, -0.05) is 17.7 Å². The van der Waals surface area contributed by atoms with Gasteiger partial charge in [0.1, 0.15) is 0 Å². The highest BCUT2D eigenvalue weighted by molar-refractivity contribution is 14.0. The Bertz CT molecular complexity index is 905. The molecule has 0 bridgehead atoms. The summed E-state index contributed by atoms with van der Waals surface area (Å²) in [5.74, 6) is 0.779. The van der Waals surface area contributed by atoms with Gasteiger partial charge in [0.05, 0.1) is 6.54 Å². The van der Waals surface area contributed by atoms with Gasteiger partial charge in [0.25, 0.3) is 0 Å². The molecule has 1 fully saturated rings. The largest absolute Gasteiger partial charge is 0.369 e. The standard InChI is InChI=1S/C21H26ClN5OS.HI/c1-23-21(24-12-20(28)27-9-6-19-15(13-27)7-10-29-19)25-17-5-8-26(14-17)18-4-2-3-16(22)11-18;/h2-4,7,10-11,17H,5-6,8-9,12-14H2,1H3,(H2,23,24,25);1H. The summed E-state index contributed by atoms with van der Waals surface area (Å²) < 4.78 is 0. The molecule has 1 atom stereocenters. The molecule has 3 heterocycles. The lowest BCUT2D eigenvalue weighted by Gasteiger charge is -2.27. The lowest BCUT2D eigenvalue weighted by molar-refractivity contribution is -0.130. The zero-order valence-electron chi connectivity index (χ0n) is 16.9. The number of nitrogens with one attached hydrogen (secondary N) is 2. The Hall–Kier alpha value is -1.52. The summed E-state index contributed by atoms with van der Waals surface area (Å²) in [6.07, 6.45) is 1.96. The number of carbonyl (C=O) groups is 1. The van der Waals surface area contributed by atoms with E-state index in [1.54, 1.807) is 18.4 Å². The Labute approximate surface area is 203 Å². The van der Waals surface area contributed by atoms with Crippen LogP contribution in [0.15, 0.2) is 40.7 Å². The number of benzene rings is 1. The van der Waals surface area contributed by atoms with E-state index >= 15 is 0 Å². The number of nitrogens with zero attached hydrogens (tertiary/aromatic N) is 3. The quantitative estimate of drug-likeness (QED) is 0.343. The van der Waals surface area contributed by atoms with Gasteiger partial charge in [-0.05, 0) is 48.1 Å². The second kappa shape index (κ2) is 10.7. The van der Waals surface area contributed by atoms with E-state index in [9.17, 15) is 4.79 Å². The van der Waals surface area contributed by atoms with E-state index in [-0.39, 0.29) is 42.5 Å². The van der Waals surface area contributed by atoms with Gasteiger partial charge in [0.15, 0.2) is 5.96 Å². The summed E-state index contributed by atoms with van der Waals surface area (Å²) in [5.41, 5.74) is 2.42. The Morgan fingerprint density at radius 1 is 1.33 bits per heavy atom. The SMILES string of the molecule is CN=C(NCC(=O)N1CCc2sccc2C1)NC1CCN(c2cccc(Cl)c2)C1.I. The maximum Gasteiger partial charge on any atom is 0.242 e. The third-order valence-corrected chi connectivity index (χ3v) is 6.75. The number of fused-ring (bicyclic) bond motifs is 1. The van der Waals surface area contributed by atoms with Crippen molar-refractivity contribution in [3.8, 4) is 0 Å². The van der Waals surface area contributed by atoms with Crippen molar-refractivity contribution >= 4 is 64.5 Å². The van der Waals surface area contributed by atoms with Gasteiger partial charge in [-0.15, -0.1) is 35.3 Å². The molecule has 30 heavy (non-hydrogen) atoms. The third kappa shape index (κ3) is 5.59. The summed E-state index contributed by atoms with van der Waals surface area (Å²) >= 11 is 7.90. The molecule has 1 saturated heterocycles. The number of aliphatic imine (C=N–C) groups is 1. The zero-order valence-corrected chi connectivity index (χ0v) is 20.8. The molecule has 0 saturated carbocycles. The summed E-state index contributed by atoms with van der Waals surface area (Å²) in [6.45, 7) is 3.59. The zero-order chi connectivity index (χ0) is 20.2. The Balaban J connectivity index is 0.00000256. The average Bonchev–Trinajstić information content (AvgIpc) is 3.39. The molecule has 1 aromatic carbocycles. The molecule has 0 aliphatic carbocycles. The van der Waals surface area contributed by atoms with Crippen molar-refractivity contribution in [1.29, 1.82) is 0 Å². The number of thiophene rings is 1. The van der Waals surface area contributed by atoms with Crippen molar-refractivity contribution in [3.63, 3.8) is 0 Å². The Morgan fingerprint density at radius 3 is 3.00 bits per heavy atom. The molecule has 2 aliphatic heterocycles. The van der Waals surface area contributed by atoms with Gasteiger partial charge >= 0.3 is 0 Å². The number of halogens is 2. The van der Waals surface area contributed by atoms with E-state index in [0.29, 0.717) is 12.5 Å². The number of rotatable bonds is 4. The second-order valence-corrected chi connectivity index (χ2v) is 8.85. The fourth-order valence-corrected chi connectivity index (χ4v) is 4.98. The smallest absolute Gasteiger partial charge is 0.242 e. The van der Waals surface area contributed by atoms with Crippen molar-refractivity contribution < 1.29 is 4.79 Å². The van der Waals surface area contributed by atoms with E-state index in [2.05, 4.69) is 38.0 Å². The molecule has 6 nitrogen and oxygen atoms in total. The van der Waals surface area contributed by atoms with Crippen LogP contribution in [0.2, 0.25) is 5.02 Å². The van der Waals surface area contributed by atoms with E-state index in [0.717, 1.165) is 43.2 Å². The fraction of sp³-hybridized carbons (Fsp3) is 0.429. The van der Waals surface area contributed by atoms with E-state index in [4.69, 9.17) is 11.6 Å². The molecular weight excluding hydrogens is 533 g/mol. The molecule has 1 unspecified atom stereocenters. The predicted molar refractivity (Wildman–Crippen MR) is 135 cm³/mol. The number of guanidine groups is 1. The molecule has 0 radical (unpaired) electrons. The minimum atomic E-state index is 0. The monoisotopic (exact) mass is 559 g/mol. The number of amides is 1. The maximum absolute atomic E-state index is 12.6. The first kappa shape index (κ1) is 23.1. The average molecular weight is 560 g/mol. The molecule has 1 aromatic heterocycles. The number of hydrogen-bond donors (Lipinski definition) is 2. The number of anilines is 1. The van der Waals surface area contributed by atoms with Crippen molar-refractivity contribution in [3.05, 3.63) is 51.2 Å². The minimum absolute atomic E-state index is 0. The fourth-order valence-electron chi connectivity index (χ4n) is 3.91. The van der Waals surface area contributed by atoms with Gasteiger partial charge in [-0.3, -0.25) is 9.79 Å². The molecule has 9 heteroatoms. The normalized spacial score (nSPS) is 18.6. The van der Waals surface area contributed by atoms with Crippen LogP contribution in [0.4, 0.5) is 5.69 Å². The summed E-state index contributed by atoms with van der Waals surface area (Å²) in [4.78, 5) is 22.6. The van der Waals surface area contributed by atoms with Crippen LogP contribution in [0.5, 0.6) is 0 Å². The van der Waals surface area contributed by atoms with Crippen molar-refractivity contribution in [2.75, 3.05) is 38.1 Å². The van der Waals surface area contributed by atoms with Crippen LogP contribution in [0.25, 0.3) is 0 Å². The van der Waals surface area contributed by atoms with Crippen molar-refractivity contribution in [2.24, 2.45) is 4.99 Å². The van der Waals surface area contributed by atoms with Gasteiger partial charge in [-0.25, -0.2) is 0 Å². The molecule has 162 valence electrons. The summed E-state index contributed by atoms with van der Waals surface area (Å²) in [6, 6.07) is 10.3. The van der Waals surface area contributed by atoms with Crippen molar-refractivity contribution in [1.82, 2.24) is 15.5 Å². The molecule has 2 aliphatic rings. The first-order chi connectivity index (χ1) is 14.1. The van der Waals surface area contributed by atoms with Crippen LogP contribution in [-0.4, -0.2) is 56.0 Å². The lowest BCUT2D eigenvalue weighted by Crippen LogP contribution is -2.48. The molecule has 4 rings (SSSR count). The minimum Gasteiger partial charge on any atom is -0.369 e. The number of hydrogen-bond acceptors (Lipinski definition) is 4. The highest BCUT2D eigenvalue weighted by Gasteiger charge is 2.25. The van der Waals surface area contributed by atoms with E-state index < -0.39 is 0 Å². The van der Waals surface area contributed by atoms with Gasteiger partial charge in [0.2, 0.25) is 5.91 Å². The topological polar surface area (TPSA) is 60.0 Å². The van der Waals surface area contributed by atoms with E-state index in [1.165, 1.54) is 10.4 Å². The van der Waals surface area contributed by atoms with E-state index in [1.807, 2.05) is 23.1 Å². The van der Waals surface area contributed by atoms with Crippen LogP contribution in [0.1, 0.15) is 16.9 Å². The Kier molecular flexibility index (Phi) is 8.24. The second-order valence-electron chi connectivity index (χ2n) is 7.42. The maximum atomic E-state index is 12.6. The van der Waals surface area contributed by atoms with Gasteiger partial charge in [0, 0.05) is 54.9 Å². The molecular formula is C21H27ClIN5OS. The summed E-state index contributed by atoms with van der Waals surface area (Å²) in [5, 5.41) is 9.49. The van der Waals surface area contributed by atoms with Crippen LogP contribution in [0, 0.1) is 0 Å². The molecule has 2 aromatic rings. The lowest BCUT2D eigenvalue weighted by atomic mass is 10.1. The highest BCUT2D eigenvalue weighted by Crippen LogP contribution is 2.24. The first-order valence-electron chi connectivity index (χ1n) is 9.93. The van der Waals surface area contributed by atoms with Crippen molar-refractivity contribution in [2.45, 2.75) is 25.4 Å². The van der Waals surface area contributed by atoms with Crippen LogP contribution < -0.4 is 15.5 Å². The predicted octanol–water partition coefficient (Wildman–Crippen LogP) is 3.35. The molecule has 0 spiro atoms. The molecule has 1 amide bonds. The van der Waals surface area contributed by atoms with Crippen LogP contribution in [0.3, 0.4) is 0 Å². The highest BCUT2D eigenvalue weighted by atomic mass is 127. The molecule has 2 N–H and O–H groups in total. The first-order valence-corrected chi connectivity index (χ1v) is 11.2. The van der Waals surface area contributed by atoms with Gasteiger partial charge in [-0.2, -0.15) is 0 Å². The van der Waals surface area contributed by atoms with Crippen LogP contribution >= 0.6 is 46.9 Å². The van der Waals surface area contributed by atoms with Crippen LogP contribution in [-0.2, 0) is 17.8 Å². The number of carbonyl (C=O) groups excluding carboxylic acids is 1. The third-order valence-electron chi connectivity index (χ3n) is 5.49. The Morgan fingerprint density at radius 2 is 2.20 bits per heavy atom. The summed E-state index contributed by atoms with van der Waals surface area (Å²) in [7, 11) is 1.74. The van der Waals surface area contributed by atoms with Gasteiger partial charge < -0.3 is 20.4 Å².